The molecule has 1 unspecified atom stereocenters. The van der Waals surface area contributed by atoms with Crippen molar-refractivity contribution in [2.75, 3.05) is 13.1 Å². The van der Waals surface area contributed by atoms with Gasteiger partial charge in [-0.3, -0.25) is 0 Å². The predicted octanol–water partition coefficient (Wildman–Crippen LogP) is 5.08. The predicted molar refractivity (Wildman–Crippen MR) is 92.6 cm³/mol. The Bertz CT molecular complexity index is 507. The van der Waals surface area contributed by atoms with Gasteiger partial charge in [0.15, 0.2) is 0 Å². The Hall–Kier alpha value is -0.640. The molecule has 0 fully saturated rings. The van der Waals surface area contributed by atoms with Crippen LogP contribution in [-0.4, -0.2) is 13.1 Å². The zero-order chi connectivity index (χ0) is 14.4. The quantitative estimate of drug-likeness (QED) is 0.685. The fourth-order valence-corrected chi connectivity index (χ4v) is 3.88. The molecule has 20 heavy (non-hydrogen) atoms. The average molecular weight is 352 g/mol. The van der Waals surface area contributed by atoms with E-state index in [0.717, 1.165) is 19.5 Å². The molecule has 1 atom stereocenters. The van der Waals surface area contributed by atoms with Crippen molar-refractivity contribution in [3.8, 4) is 0 Å². The number of hydrogen-bond donors (Lipinski definition) is 1. The molecule has 0 radical (unpaired) electrons. The van der Waals surface area contributed by atoms with Crippen LogP contribution in [-0.2, 0) is 6.42 Å². The number of nitrogens with one attached hydrogen (secondary N) is 1. The lowest BCUT2D eigenvalue weighted by Gasteiger charge is -2.22. The van der Waals surface area contributed by atoms with Crippen LogP contribution in [0.2, 0.25) is 0 Å². The van der Waals surface area contributed by atoms with Crippen LogP contribution in [0.15, 0.2) is 46.3 Å². The van der Waals surface area contributed by atoms with Gasteiger partial charge in [0.25, 0.3) is 0 Å². The first-order chi connectivity index (χ1) is 9.66. The van der Waals surface area contributed by atoms with Crippen molar-refractivity contribution in [2.45, 2.75) is 26.2 Å². The molecular formula is C17H22BrNS. The van der Waals surface area contributed by atoms with Gasteiger partial charge in [-0.05, 0) is 58.4 Å². The Morgan fingerprint density at radius 1 is 1.10 bits per heavy atom. The lowest BCUT2D eigenvalue weighted by atomic mass is 9.88. The monoisotopic (exact) mass is 351 g/mol. The summed E-state index contributed by atoms with van der Waals surface area (Å²) in [6.45, 7) is 6.70. The summed E-state index contributed by atoms with van der Waals surface area (Å²) >= 11 is 5.34. The van der Waals surface area contributed by atoms with Gasteiger partial charge in [-0.2, -0.15) is 0 Å². The molecule has 2 rings (SSSR count). The molecule has 1 aromatic carbocycles. The van der Waals surface area contributed by atoms with Gasteiger partial charge in [-0.1, -0.05) is 44.2 Å². The molecule has 1 nitrogen and oxygen atoms in total. The summed E-state index contributed by atoms with van der Waals surface area (Å²) in [4.78, 5) is 1.44. The van der Waals surface area contributed by atoms with Crippen LogP contribution in [0.5, 0.6) is 0 Å². The van der Waals surface area contributed by atoms with Crippen molar-refractivity contribution >= 4 is 27.3 Å². The van der Waals surface area contributed by atoms with Crippen LogP contribution in [0.4, 0.5) is 0 Å². The maximum atomic E-state index is 3.61. The van der Waals surface area contributed by atoms with E-state index in [0.29, 0.717) is 11.8 Å². The van der Waals surface area contributed by atoms with Gasteiger partial charge in [0.2, 0.25) is 0 Å². The van der Waals surface area contributed by atoms with Gasteiger partial charge in [0, 0.05) is 11.4 Å². The van der Waals surface area contributed by atoms with Crippen molar-refractivity contribution in [1.82, 2.24) is 5.32 Å². The van der Waals surface area contributed by atoms with Gasteiger partial charge in [0.1, 0.15) is 0 Å². The van der Waals surface area contributed by atoms with Gasteiger partial charge in [0.05, 0.1) is 3.79 Å². The first kappa shape index (κ1) is 15.7. The molecule has 0 aliphatic heterocycles. The number of halogens is 1. The molecule has 3 heteroatoms. The van der Waals surface area contributed by atoms with E-state index in [9.17, 15) is 0 Å². The molecule has 1 N–H and O–H groups in total. The zero-order valence-corrected chi connectivity index (χ0v) is 14.5. The smallest absolute Gasteiger partial charge is 0.0701 e. The SMILES string of the molecule is CC(C)C(CNCCc1ccc(Br)s1)c1ccccc1. The second-order valence-electron chi connectivity index (χ2n) is 5.42. The van der Waals surface area contributed by atoms with Crippen molar-refractivity contribution in [3.05, 3.63) is 56.7 Å². The van der Waals surface area contributed by atoms with E-state index < -0.39 is 0 Å². The first-order valence-corrected chi connectivity index (χ1v) is 8.77. The van der Waals surface area contributed by atoms with Gasteiger partial charge in [-0.15, -0.1) is 11.3 Å². The Balaban J connectivity index is 1.81. The fraction of sp³-hybridized carbons (Fsp3) is 0.412. The molecular weight excluding hydrogens is 330 g/mol. The van der Waals surface area contributed by atoms with Crippen molar-refractivity contribution in [1.29, 1.82) is 0 Å². The standard InChI is InChI=1S/C17H22BrNS/c1-13(2)16(14-6-4-3-5-7-14)12-19-11-10-15-8-9-17(18)20-15/h3-9,13,16,19H,10-12H2,1-2H3. The number of rotatable bonds is 7. The molecule has 0 bridgehead atoms. The highest BCUT2D eigenvalue weighted by Crippen LogP contribution is 2.24. The topological polar surface area (TPSA) is 12.0 Å². The van der Waals surface area contributed by atoms with E-state index in [1.807, 2.05) is 11.3 Å². The van der Waals surface area contributed by atoms with Crippen molar-refractivity contribution < 1.29 is 0 Å². The van der Waals surface area contributed by atoms with Crippen molar-refractivity contribution in [3.63, 3.8) is 0 Å². The molecule has 0 spiro atoms. The molecule has 0 saturated heterocycles. The van der Waals surface area contributed by atoms with Crippen molar-refractivity contribution in [2.24, 2.45) is 5.92 Å². The highest BCUT2D eigenvalue weighted by molar-refractivity contribution is 9.11. The Kier molecular flexibility index (Phi) is 6.27. The maximum absolute atomic E-state index is 3.61. The summed E-state index contributed by atoms with van der Waals surface area (Å²) < 4.78 is 1.22. The number of thiophene rings is 1. The molecule has 108 valence electrons. The fourth-order valence-electron chi connectivity index (χ4n) is 2.39. The third-order valence-corrected chi connectivity index (χ3v) is 5.26. The lowest BCUT2D eigenvalue weighted by Crippen LogP contribution is -2.26. The van der Waals surface area contributed by atoms with E-state index in [2.05, 4.69) is 77.6 Å². The molecule has 2 aromatic rings. The van der Waals surface area contributed by atoms with E-state index in [1.54, 1.807) is 0 Å². The van der Waals surface area contributed by atoms with Crippen LogP contribution in [0.25, 0.3) is 0 Å². The highest BCUT2D eigenvalue weighted by Gasteiger charge is 2.14. The Morgan fingerprint density at radius 3 is 2.45 bits per heavy atom. The third kappa shape index (κ3) is 4.72. The van der Waals surface area contributed by atoms with E-state index in [-0.39, 0.29) is 0 Å². The minimum Gasteiger partial charge on any atom is -0.316 e. The van der Waals surface area contributed by atoms with Crippen LogP contribution < -0.4 is 5.32 Å². The minimum atomic E-state index is 0.589. The molecule has 1 aromatic heterocycles. The van der Waals surface area contributed by atoms with Gasteiger partial charge in [-0.25, -0.2) is 0 Å². The first-order valence-electron chi connectivity index (χ1n) is 7.16. The summed E-state index contributed by atoms with van der Waals surface area (Å²) in [5.74, 6) is 1.24. The highest BCUT2D eigenvalue weighted by atomic mass is 79.9. The summed E-state index contributed by atoms with van der Waals surface area (Å²) in [5.41, 5.74) is 1.44. The zero-order valence-electron chi connectivity index (χ0n) is 12.1. The number of benzene rings is 1. The summed E-state index contributed by atoms with van der Waals surface area (Å²) in [5, 5.41) is 3.61. The van der Waals surface area contributed by atoms with Crippen LogP contribution in [0.1, 0.15) is 30.2 Å². The lowest BCUT2D eigenvalue weighted by molar-refractivity contribution is 0.463. The average Bonchev–Trinajstić information content (AvgIpc) is 2.85. The molecule has 0 amide bonds. The van der Waals surface area contributed by atoms with Crippen LogP contribution in [0, 0.1) is 5.92 Å². The summed E-state index contributed by atoms with van der Waals surface area (Å²) in [7, 11) is 0. The molecule has 1 heterocycles. The second kappa shape index (κ2) is 7.96. The minimum absolute atomic E-state index is 0.589. The third-order valence-electron chi connectivity index (χ3n) is 3.57. The molecule has 0 aliphatic carbocycles. The summed E-state index contributed by atoms with van der Waals surface area (Å²) in [6, 6.07) is 15.2. The van der Waals surface area contributed by atoms with Gasteiger partial charge >= 0.3 is 0 Å². The molecule has 0 saturated carbocycles. The van der Waals surface area contributed by atoms with Gasteiger partial charge < -0.3 is 5.32 Å². The normalized spacial score (nSPS) is 12.8. The van der Waals surface area contributed by atoms with E-state index in [4.69, 9.17) is 0 Å². The molecule has 0 aliphatic rings. The van der Waals surface area contributed by atoms with Crippen LogP contribution >= 0.6 is 27.3 Å². The largest absolute Gasteiger partial charge is 0.316 e. The maximum Gasteiger partial charge on any atom is 0.0701 e. The van der Waals surface area contributed by atoms with Crippen LogP contribution in [0.3, 0.4) is 0 Å². The Labute approximate surface area is 134 Å². The number of hydrogen-bond acceptors (Lipinski definition) is 2. The van der Waals surface area contributed by atoms with E-state index >= 15 is 0 Å². The summed E-state index contributed by atoms with van der Waals surface area (Å²) in [6.07, 6.45) is 1.11. The van der Waals surface area contributed by atoms with E-state index in [1.165, 1.54) is 14.2 Å². The Morgan fingerprint density at radius 2 is 1.85 bits per heavy atom. The second-order valence-corrected chi connectivity index (χ2v) is 7.97.